The molecule has 5 heteroatoms. The Morgan fingerprint density at radius 2 is 1.94 bits per heavy atom. The minimum Gasteiger partial charge on any atom is -0.336 e. The third-order valence-corrected chi connectivity index (χ3v) is 5.47. The summed E-state index contributed by atoms with van der Waals surface area (Å²) in [6.07, 6.45) is 0. The van der Waals surface area contributed by atoms with Crippen molar-refractivity contribution in [1.29, 1.82) is 0 Å². The molecule has 17 heavy (non-hydrogen) atoms. The molecule has 0 unspecified atom stereocenters. The number of halogens is 2. The Morgan fingerprint density at radius 1 is 1.29 bits per heavy atom. The molecule has 0 spiro atoms. The Bertz CT molecular complexity index is 431. The summed E-state index contributed by atoms with van der Waals surface area (Å²) >= 11 is 5.73. The number of nitrogens with zero attached hydrogens (tertiary/aromatic N) is 2. The first-order valence-electron chi connectivity index (χ1n) is 5.51. The summed E-state index contributed by atoms with van der Waals surface area (Å²) in [5.74, 6) is 0.128. The Morgan fingerprint density at radius 3 is 2.59 bits per heavy atom. The summed E-state index contributed by atoms with van der Waals surface area (Å²) in [5.41, 5.74) is 0.765. The quantitative estimate of drug-likeness (QED) is 0.666. The van der Waals surface area contributed by atoms with E-state index in [2.05, 4.69) is 50.5 Å². The van der Waals surface area contributed by atoms with Crippen LogP contribution in [0.4, 0.5) is 0 Å². The molecule has 1 aromatic rings. The first-order valence-corrected chi connectivity index (χ1v) is 7.38. The summed E-state index contributed by atoms with van der Waals surface area (Å²) in [4.78, 5) is 16.5. The van der Waals surface area contributed by atoms with E-state index in [1.807, 2.05) is 23.1 Å². The zero-order valence-corrected chi connectivity index (χ0v) is 13.4. The number of hydrogen-bond donors (Lipinski definition) is 0. The maximum atomic E-state index is 12.4. The summed E-state index contributed by atoms with van der Waals surface area (Å²) < 4.78 is 1.98. The van der Waals surface area contributed by atoms with Crippen molar-refractivity contribution in [3.05, 3.63) is 31.8 Å². The van der Waals surface area contributed by atoms with Gasteiger partial charge in [-0.1, -0.05) is 6.07 Å². The molecule has 1 heterocycles. The zero-order chi connectivity index (χ0) is 12.4. The van der Waals surface area contributed by atoms with Crippen molar-refractivity contribution in [2.24, 2.45) is 0 Å². The first-order chi connectivity index (χ1) is 8.09. The lowest BCUT2D eigenvalue weighted by atomic mass is 10.2. The van der Waals surface area contributed by atoms with Gasteiger partial charge in [-0.15, -0.1) is 0 Å². The van der Waals surface area contributed by atoms with Crippen LogP contribution in [0.5, 0.6) is 0 Å². The maximum Gasteiger partial charge on any atom is 0.255 e. The van der Waals surface area contributed by atoms with E-state index in [-0.39, 0.29) is 5.91 Å². The third kappa shape index (κ3) is 3.00. The molecule has 0 N–H and O–H groups in total. The van der Waals surface area contributed by atoms with Gasteiger partial charge in [-0.3, -0.25) is 4.79 Å². The smallest absolute Gasteiger partial charge is 0.255 e. The highest BCUT2D eigenvalue weighted by Crippen LogP contribution is 2.24. The third-order valence-electron chi connectivity index (χ3n) is 2.97. The molecule has 0 atom stereocenters. The Balaban J connectivity index is 2.17. The van der Waals surface area contributed by atoms with Crippen molar-refractivity contribution in [2.45, 2.75) is 0 Å². The van der Waals surface area contributed by atoms with Gasteiger partial charge >= 0.3 is 0 Å². The van der Waals surface area contributed by atoms with Crippen LogP contribution >= 0.6 is 38.5 Å². The lowest BCUT2D eigenvalue weighted by Crippen LogP contribution is -2.47. The number of likely N-dealkylation sites (N-methyl/N-ethyl adjacent to an activating group) is 1. The van der Waals surface area contributed by atoms with Crippen LogP contribution in [0.3, 0.4) is 0 Å². The number of benzene rings is 1. The van der Waals surface area contributed by atoms with E-state index in [1.54, 1.807) is 0 Å². The lowest BCUT2D eigenvalue weighted by Gasteiger charge is -2.32. The van der Waals surface area contributed by atoms with Crippen LogP contribution in [-0.4, -0.2) is 48.9 Å². The van der Waals surface area contributed by atoms with Gasteiger partial charge in [0.25, 0.3) is 5.91 Å². The van der Waals surface area contributed by atoms with Crippen LogP contribution in [0.25, 0.3) is 0 Å². The van der Waals surface area contributed by atoms with Gasteiger partial charge in [-0.05, 0) is 57.7 Å². The molecule has 1 amide bonds. The van der Waals surface area contributed by atoms with Crippen LogP contribution < -0.4 is 0 Å². The lowest BCUT2D eigenvalue weighted by molar-refractivity contribution is 0.0663. The molecule has 3 nitrogen and oxygen atoms in total. The summed E-state index contributed by atoms with van der Waals surface area (Å²) in [5, 5.41) is 0. The molecule has 1 saturated heterocycles. The molecule has 1 fully saturated rings. The van der Waals surface area contributed by atoms with Crippen molar-refractivity contribution in [2.75, 3.05) is 33.2 Å². The predicted molar refractivity (Wildman–Crippen MR) is 80.3 cm³/mol. The molecular weight excluding hydrogens is 395 g/mol. The summed E-state index contributed by atoms with van der Waals surface area (Å²) in [7, 11) is 2.09. The highest BCUT2D eigenvalue weighted by Gasteiger charge is 2.22. The number of carbonyl (C=O) groups is 1. The second-order valence-corrected chi connectivity index (χ2v) is 6.15. The van der Waals surface area contributed by atoms with Crippen molar-refractivity contribution >= 4 is 44.4 Å². The van der Waals surface area contributed by atoms with Crippen LogP contribution in [0, 0.1) is 3.57 Å². The topological polar surface area (TPSA) is 23.6 Å². The molecule has 1 aliphatic rings. The van der Waals surface area contributed by atoms with Gasteiger partial charge in [0.2, 0.25) is 0 Å². The molecule has 0 saturated carbocycles. The minimum absolute atomic E-state index is 0.128. The predicted octanol–water partition coefficient (Wildman–Crippen LogP) is 2.44. The van der Waals surface area contributed by atoms with Gasteiger partial charge in [0.05, 0.1) is 5.56 Å². The monoisotopic (exact) mass is 408 g/mol. The largest absolute Gasteiger partial charge is 0.336 e. The van der Waals surface area contributed by atoms with E-state index >= 15 is 0 Å². The number of carbonyl (C=O) groups excluding carboxylic acids is 1. The second kappa shape index (κ2) is 5.67. The van der Waals surface area contributed by atoms with Gasteiger partial charge in [0.1, 0.15) is 0 Å². The molecule has 92 valence electrons. The number of piperazine rings is 1. The summed E-state index contributed by atoms with van der Waals surface area (Å²) in [6, 6.07) is 5.80. The average Bonchev–Trinajstić information content (AvgIpc) is 2.33. The van der Waals surface area contributed by atoms with E-state index < -0.39 is 0 Å². The van der Waals surface area contributed by atoms with Gasteiger partial charge in [0.15, 0.2) is 0 Å². The van der Waals surface area contributed by atoms with E-state index in [9.17, 15) is 4.79 Å². The molecule has 0 aliphatic carbocycles. The number of hydrogen-bond acceptors (Lipinski definition) is 2. The normalized spacial score (nSPS) is 17.2. The molecule has 2 rings (SSSR count). The van der Waals surface area contributed by atoms with Crippen LogP contribution in [0.15, 0.2) is 22.7 Å². The molecule has 1 aliphatic heterocycles. The Hall–Kier alpha value is -0.140. The van der Waals surface area contributed by atoms with Crippen molar-refractivity contribution < 1.29 is 4.79 Å². The first kappa shape index (κ1) is 13.3. The molecule has 0 radical (unpaired) electrons. The molecule has 0 aromatic heterocycles. The fourth-order valence-corrected chi connectivity index (χ4v) is 2.78. The van der Waals surface area contributed by atoms with E-state index in [0.29, 0.717) is 0 Å². The maximum absolute atomic E-state index is 12.4. The highest BCUT2D eigenvalue weighted by atomic mass is 127. The molecule has 1 aromatic carbocycles. The van der Waals surface area contributed by atoms with Gasteiger partial charge in [-0.25, -0.2) is 0 Å². The van der Waals surface area contributed by atoms with Crippen LogP contribution in [0.2, 0.25) is 0 Å². The molecule has 0 bridgehead atoms. The van der Waals surface area contributed by atoms with E-state index in [0.717, 1.165) is 39.8 Å². The Kier molecular flexibility index (Phi) is 4.43. The standard InChI is InChI=1S/C12H14BrIN2O/c1-15-5-7-16(8-6-15)12(17)9-3-2-4-10(14)11(9)13/h2-4H,5-8H2,1H3. The van der Waals surface area contributed by atoms with Crippen molar-refractivity contribution in [3.8, 4) is 0 Å². The van der Waals surface area contributed by atoms with Crippen LogP contribution in [-0.2, 0) is 0 Å². The van der Waals surface area contributed by atoms with Crippen molar-refractivity contribution in [3.63, 3.8) is 0 Å². The fraction of sp³-hybridized carbons (Fsp3) is 0.417. The molecular formula is C12H14BrIN2O. The summed E-state index contributed by atoms with van der Waals surface area (Å²) in [6.45, 7) is 3.53. The zero-order valence-electron chi connectivity index (χ0n) is 9.62. The van der Waals surface area contributed by atoms with Gasteiger partial charge in [0, 0.05) is 34.2 Å². The fourth-order valence-electron chi connectivity index (χ4n) is 1.85. The van der Waals surface area contributed by atoms with Gasteiger partial charge in [-0.2, -0.15) is 0 Å². The second-order valence-electron chi connectivity index (χ2n) is 4.20. The van der Waals surface area contributed by atoms with Crippen LogP contribution in [0.1, 0.15) is 10.4 Å². The van der Waals surface area contributed by atoms with E-state index in [4.69, 9.17) is 0 Å². The minimum atomic E-state index is 0.128. The van der Waals surface area contributed by atoms with Crippen molar-refractivity contribution in [1.82, 2.24) is 9.80 Å². The SMILES string of the molecule is CN1CCN(C(=O)c2cccc(I)c2Br)CC1. The highest BCUT2D eigenvalue weighted by molar-refractivity contribution is 14.1. The van der Waals surface area contributed by atoms with E-state index in [1.165, 1.54) is 0 Å². The number of amides is 1. The van der Waals surface area contributed by atoms with Gasteiger partial charge < -0.3 is 9.80 Å². The Labute approximate surface area is 123 Å². The number of rotatable bonds is 1. The average molecular weight is 409 g/mol.